The van der Waals surface area contributed by atoms with Gasteiger partial charge in [-0.05, 0) is 38.1 Å². The lowest BCUT2D eigenvalue weighted by Gasteiger charge is -2.23. The van der Waals surface area contributed by atoms with Crippen LogP contribution in [0.4, 0.5) is 0 Å². The molecule has 0 aliphatic rings. The molecule has 1 unspecified atom stereocenters. The number of hydrogen-bond donors (Lipinski definition) is 1. The van der Waals surface area contributed by atoms with E-state index in [1.807, 2.05) is 73.8 Å². The Bertz CT molecular complexity index is 1120. The fourth-order valence-corrected chi connectivity index (χ4v) is 3.77. The molecule has 6 heteroatoms. The summed E-state index contributed by atoms with van der Waals surface area (Å²) in [5.74, 6) is 2.28. The maximum absolute atomic E-state index is 10.1. The topological polar surface area (TPSA) is 63.7 Å². The van der Waals surface area contributed by atoms with E-state index >= 15 is 0 Å². The number of hydrogen-bond acceptors (Lipinski definition) is 5. The molecule has 0 amide bonds. The Morgan fingerprint density at radius 2 is 1.78 bits per heavy atom. The molecule has 0 aliphatic heterocycles. The minimum Gasteiger partial charge on any atom is -0.468 e. The van der Waals surface area contributed by atoms with Gasteiger partial charge in [0.1, 0.15) is 17.2 Å². The first kappa shape index (κ1) is 21.9. The van der Waals surface area contributed by atoms with Gasteiger partial charge in [0.05, 0.1) is 24.5 Å². The molecule has 6 nitrogen and oxygen atoms in total. The molecule has 0 fully saturated rings. The second-order valence-electron chi connectivity index (χ2n) is 8.14. The van der Waals surface area contributed by atoms with Gasteiger partial charge in [0.2, 0.25) is 5.88 Å². The van der Waals surface area contributed by atoms with Crippen LogP contribution in [-0.2, 0) is 20.1 Å². The number of aryl methyl sites for hydroxylation is 2. The van der Waals surface area contributed by atoms with Gasteiger partial charge in [-0.3, -0.25) is 4.90 Å². The molecule has 0 radical (unpaired) electrons. The summed E-state index contributed by atoms with van der Waals surface area (Å²) in [5.41, 5.74) is 4.03. The number of furan rings is 1. The normalized spacial score (nSPS) is 12.3. The Kier molecular flexibility index (Phi) is 6.73. The van der Waals surface area contributed by atoms with Crippen molar-refractivity contribution in [2.45, 2.75) is 33.0 Å². The Morgan fingerprint density at radius 1 is 1.03 bits per heavy atom. The smallest absolute Gasteiger partial charge is 0.222 e. The Morgan fingerprint density at radius 3 is 2.44 bits per heavy atom. The zero-order valence-corrected chi connectivity index (χ0v) is 18.7. The van der Waals surface area contributed by atoms with Crippen LogP contribution in [0.5, 0.6) is 11.6 Å². The van der Waals surface area contributed by atoms with Crippen molar-refractivity contribution in [3.05, 3.63) is 89.9 Å². The molecule has 1 atom stereocenters. The Hall–Kier alpha value is -3.35. The molecular formula is C26H29N3O3. The summed E-state index contributed by atoms with van der Waals surface area (Å²) in [4.78, 5) is 2.15. The van der Waals surface area contributed by atoms with Crippen LogP contribution in [0.25, 0.3) is 11.3 Å². The number of nitrogens with zero attached hydrogens (tertiary/aromatic N) is 3. The largest absolute Gasteiger partial charge is 0.468 e. The van der Waals surface area contributed by atoms with Gasteiger partial charge in [0.15, 0.2) is 0 Å². The van der Waals surface area contributed by atoms with Gasteiger partial charge in [-0.2, -0.15) is 5.10 Å². The summed E-state index contributed by atoms with van der Waals surface area (Å²) in [6.07, 6.45) is 1.18. The molecule has 2 aromatic heterocycles. The van der Waals surface area contributed by atoms with Crippen molar-refractivity contribution < 1.29 is 14.3 Å². The fraction of sp³-hybridized carbons (Fsp3) is 0.269. The van der Waals surface area contributed by atoms with Crippen LogP contribution in [0.15, 0.2) is 77.4 Å². The van der Waals surface area contributed by atoms with Gasteiger partial charge >= 0.3 is 0 Å². The van der Waals surface area contributed by atoms with E-state index in [1.54, 1.807) is 17.9 Å². The van der Waals surface area contributed by atoms with E-state index in [4.69, 9.17) is 14.3 Å². The minimum atomic E-state index is -0.483. The SMILES string of the molecule is Cc1ccc(Oc2c(CN(Cc3ccco3)CC(C)O)c(-c3ccccc3)nn2C)cc1. The lowest BCUT2D eigenvalue weighted by atomic mass is 10.1. The van der Waals surface area contributed by atoms with Gasteiger partial charge < -0.3 is 14.3 Å². The van der Waals surface area contributed by atoms with Crippen molar-refractivity contribution in [2.75, 3.05) is 6.54 Å². The van der Waals surface area contributed by atoms with Crippen molar-refractivity contribution in [1.82, 2.24) is 14.7 Å². The molecule has 4 aromatic rings. The van der Waals surface area contributed by atoms with Gasteiger partial charge in [0, 0.05) is 25.7 Å². The van der Waals surface area contributed by atoms with Crippen molar-refractivity contribution >= 4 is 0 Å². The maximum atomic E-state index is 10.1. The minimum absolute atomic E-state index is 0.483. The average molecular weight is 432 g/mol. The highest BCUT2D eigenvalue weighted by molar-refractivity contribution is 5.65. The van der Waals surface area contributed by atoms with Gasteiger partial charge in [-0.15, -0.1) is 0 Å². The molecule has 1 N–H and O–H groups in total. The molecule has 0 saturated heterocycles. The molecule has 0 bridgehead atoms. The third kappa shape index (κ3) is 5.28. The van der Waals surface area contributed by atoms with E-state index in [1.165, 1.54) is 5.56 Å². The molecule has 0 saturated carbocycles. The predicted octanol–water partition coefficient (Wildman–Crippen LogP) is 5.16. The number of aliphatic hydroxyl groups is 1. The van der Waals surface area contributed by atoms with E-state index in [0.29, 0.717) is 25.5 Å². The highest BCUT2D eigenvalue weighted by atomic mass is 16.5. The molecule has 0 aliphatic carbocycles. The van der Waals surface area contributed by atoms with Crippen molar-refractivity contribution in [3.8, 4) is 22.9 Å². The van der Waals surface area contributed by atoms with E-state index in [-0.39, 0.29) is 0 Å². The van der Waals surface area contributed by atoms with Crippen molar-refractivity contribution in [1.29, 1.82) is 0 Å². The number of ether oxygens (including phenoxy) is 1. The average Bonchev–Trinajstić information content (AvgIpc) is 3.39. The molecule has 0 spiro atoms. The van der Waals surface area contributed by atoms with Crippen LogP contribution in [0.1, 0.15) is 23.8 Å². The Balaban J connectivity index is 1.73. The third-order valence-electron chi connectivity index (χ3n) is 5.23. The fourth-order valence-electron chi connectivity index (χ4n) is 3.77. The zero-order valence-electron chi connectivity index (χ0n) is 18.7. The van der Waals surface area contributed by atoms with E-state index in [0.717, 1.165) is 28.3 Å². The second-order valence-corrected chi connectivity index (χ2v) is 8.14. The number of aliphatic hydroxyl groups excluding tert-OH is 1. The summed E-state index contributed by atoms with van der Waals surface area (Å²) in [6, 6.07) is 21.9. The van der Waals surface area contributed by atoms with Crippen molar-refractivity contribution in [2.24, 2.45) is 7.05 Å². The van der Waals surface area contributed by atoms with E-state index in [2.05, 4.69) is 11.8 Å². The highest BCUT2D eigenvalue weighted by Crippen LogP contribution is 2.34. The van der Waals surface area contributed by atoms with Crippen LogP contribution >= 0.6 is 0 Å². The molecule has 2 aromatic carbocycles. The standard InChI is InChI=1S/C26H29N3O3/c1-19-11-13-22(14-12-19)32-26-24(25(27-28(26)3)21-8-5-4-6-9-21)18-29(16-20(2)30)17-23-10-7-15-31-23/h4-15,20,30H,16-18H2,1-3H3. The van der Waals surface area contributed by atoms with Gasteiger partial charge in [0.25, 0.3) is 0 Å². The first-order valence-electron chi connectivity index (χ1n) is 10.8. The third-order valence-corrected chi connectivity index (χ3v) is 5.23. The predicted molar refractivity (Wildman–Crippen MR) is 124 cm³/mol. The van der Waals surface area contributed by atoms with Crippen LogP contribution in [0.3, 0.4) is 0 Å². The molecular weight excluding hydrogens is 402 g/mol. The lowest BCUT2D eigenvalue weighted by molar-refractivity contribution is 0.113. The number of aromatic nitrogens is 2. The highest BCUT2D eigenvalue weighted by Gasteiger charge is 2.23. The quantitative estimate of drug-likeness (QED) is 0.396. The van der Waals surface area contributed by atoms with Crippen LogP contribution in [0, 0.1) is 6.92 Å². The van der Waals surface area contributed by atoms with E-state index in [9.17, 15) is 5.11 Å². The monoisotopic (exact) mass is 431 g/mol. The van der Waals surface area contributed by atoms with Gasteiger partial charge in [-0.25, -0.2) is 4.68 Å². The summed E-state index contributed by atoms with van der Waals surface area (Å²) in [5, 5.41) is 14.9. The van der Waals surface area contributed by atoms with Crippen LogP contribution in [0.2, 0.25) is 0 Å². The number of benzene rings is 2. The van der Waals surface area contributed by atoms with E-state index < -0.39 is 6.10 Å². The lowest BCUT2D eigenvalue weighted by Crippen LogP contribution is -2.30. The zero-order chi connectivity index (χ0) is 22.5. The molecule has 166 valence electrons. The molecule has 32 heavy (non-hydrogen) atoms. The summed E-state index contributed by atoms with van der Waals surface area (Å²) in [7, 11) is 1.89. The van der Waals surface area contributed by atoms with Crippen molar-refractivity contribution in [3.63, 3.8) is 0 Å². The number of rotatable bonds is 9. The maximum Gasteiger partial charge on any atom is 0.222 e. The summed E-state index contributed by atoms with van der Waals surface area (Å²) >= 11 is 0. The second kappa shape index (κ2) is 9.85. The first-order chi connectivity index (χ1) is 15.5. The van der Waals surface area contributed by atoms with Crippen LogP contribution in [-0.4, -0.2) is 32.4 Å². The van der Waals surface area contributed by atoms with Gasteiger partial charge in [-0.1, -0.05) is 48.0 Å². The summed E-state index contributed by atoms with van der Waals surface area (Å²) in [6.45, 7) is 5.46. The molecule has 4 rings (SSSR count). The van der Waals surface area contributed by atoms with Crippen LogP contribution < -0.4 is 4.74 Å². The summed E-state index contributed by atoms with van der Waals surface area (Å²) < 4.78 is 13.7. The first-order valence-corrected chi connectivity index (χ1v) is 10.8. The molecule has 2 heterocycles. The Labute approximate surface area is 188 Å².